The van der Waals surface area contributed by atoms with E-state index < -0.39 is 27.9 Å². The smallest absolute Gasteiger partial charge is 0.272 e. The molecule has 1 atom stereocenters. The lowest BCUT2D eigenvalue weighted by molar-refractivity contribution is -0.123. The Labute approximate surface area is 193 Å². The Balaban J connectivity index is 1.57. The number of aromatic amines is 1. The molecule has 2 amide bonds. The van der Waals surface area contributed by atoms with Gasteiger partial charge in [0.15, 0.2) is 0 Å². The fourth-order valence-corrected chi connectivity index (χ4v) is 4.18. The molecule has 4 N–H and O–H groups in total. The van der Waals surface area contributed by atoms with E-state index in [0.29, 0.717) is 5.69 Å². The summed E-state index contributed by atoms with van der Waals surface area (Å²) in [6.45, 7) is 7.47. The number of hydrazine groups is 1. The maximum atomic E-state index is 12.6. The van der Waals surface area contributed by atoms with Crippen LogP contribution < -0.4 is 15.6 Å². The van der Waals surface area contributed by atoms with Gasteiger partial charge in [0.1, 0.15) is 5.69 Å². The summed E-state index contributed by atoms with van der Waals surface area (Å²) in [7, 11) is -3.92. The lowest BCUT2D eigenvalue weighted by atomic mass is 9.87. The number of amides is 2. The van der Waals surface area contributed by atoms with Crippen molar-refractivity contribution in [2.24, 2.45) is 0 Å². The number of carbonyl (C=O) groups excluding carboxylic acids is 2. The maximum absolute atomic E-state index is 12.6. The first-order valence-corrected chi connectivity index (χ1v) is 11.8. The molecule has 3 aromatic rings. The summed E-state index contributed by atoms with van der Waals surface area (Å²) in [6, 6.07) is 16.2. The topological polar surface area (TPSA) is 133 Å². The second-order valence-corrected chi connectivity index (χ2v) is 10.3. The molecule has 1 aromatic heterocycles. The highest BCUT2D eigenvalue weighted by Gasteiger charge is 2.23. The largest absolute Gasteiger partial charge is 0.287 e. The van der Waals surface area contributed by atoms with Crippen LogP contribution in [0.2, 0.25) is 0 Å². The molecule has 2 aromatic carbocycles. The number of hydrogen-bond donors (Lipinski definition) is 4. The van der Waals surface area contributed by atoms with Crippen molar-refractivity contribution in [2.45, 2.75) is 44.0 Å². The van der Waals surface area contributed by atoms with E-state index in [1.165, 1.54) is 19.1 Å². The van der Waals surface area contributed by atoms with E-state index >= 15 is 0 Å². The monoisotopic (exact) mass is 469 g/mol. The number of benzene rings is 2. The van der Waals surface area contributed by atoms with Crippen LogP contribution in [-0.4, -0.2) is 36.5 Å². The third-order valence-electron chi connectivity index (χ3n) is 4.95. The van der Waals surface area contributed by atoms with E-state index in [1.807, 2.05) is 51.1 Å². The first-order valence-electron chi connectivity index (χ1n) is 10.3. The van der Waals surface area contributed by atoms with Crippen molar-refractivity contribution < 1.29 is 18.0 Å². The van der Waals surface area contributed by atoms with E-state index in [9.17, 15) is 18.0 Å². The molecule has 174 valence electrons. The zero-order chi connectivity index (χ0) is 24.2. The van der Waals surface area contributed by atoms with Gasteiger partial charge in [-0.3, -0.25) is 25.5 Å². The summed E-state index contributed by atoms with van der Waals surface area (Å²) in [5, 5.41) is 6.69. The highest BCUT2D eigenvalue weighted by molar-refractivity contribution is 7.89. The number of H-pyrrole nitrogens is 1. The number of aromatic nitrogens is 2. The van der Waals surface area contributed by atoms with Crippen LogP contribution in [0.5, 0.6) is 0 Å². The van der Waals surface area contributed by atoms with E-state index in [1.54, 1.807) is 18.2 Å². The van der Waals surface area contributed by atoms with E-state index in [0.717, 1.165) is 11.1 Å². The van der Waals surface area contributed by atoms with Gasteiger partial charge in [-0.05, 0) is 36.1 Å². The van der Waals surface area contributed by atoms with Crippen molar-refractivity contribution in [3.63, 3.8) is 0 Å². The molecule has 0 aliphatic heterocycles. The van der Waals surface area contributed by atoms with Gasteiger partial charge in [-0.2, -0.15) is 9.82 Å². The minimum atomic E-state index is -3.92. The third kappa shape index (κ3) is 6.05. The van der Waals surface area contributed by atoms with Gasteiger partial charge in [0.25, 0.3) is 11.8 Å². The van der Waals surface area contributed by atoms with Crippen LogP contribution in [0.3, 0.4) is 0 Å². The van der Waals surface area contributed by atoms with Crippen molar-refractivity contribution in [2.75, 3.05) is 0 Å². The van der Waals surface area contributed by atoms with Crippen molar-refractivity contribution >= 4 is 21.8 Å². The Morgan fingerprint density at radius 2 is 1.61 bits per heavy atom. The van der Waals surface area contributed by atoms with Gasteiger partial charge >= 0.3 is 0 Å². The summed E-state index contributed by atoms with van der Waals surface area (Å²) in [4.78, 5) is 24.7. The molecular formula is C23H27N5O4S. The van der Waals surface area contributed by atoms with Gasteiger partial charge in [-0.1, -0.05) is 63.2 Å². The predicted octanol–water partition coefficient (Wildman–Crippen LogP) is 2.50. The number of nitrogens with one attached hydrogen (secondary N) is 4. The summed E-state index contributed by atoms with van der Waals surface area (Å²) in [5.41, 5.74) is 6.89. The second kappa shape index (κ2) is 9.55. The van der Waals surface area contributed by atoms with Gasteiger partial charge in [0.2, 0.25) is 10.0 Å². The second-order valence-electron chi connectivity index (χ2n) is 8.59. The molecule has 10 heteroatoms. The number of sulfonamides is 1. The highest BCUT2D eigenvalue weighted by Crippen LogP contribution is 2.23. The molecule has 0 fully saturated rings. The molecule has 9 nitrogen and oxygen atoms in total. The molecule has 0 aliphatic rings. The Morgan fingerprint density at radius 1 is 0.970 bits per heavy atom. The average molecular weight is 470 g/mol. The predicted molar refractivity (Wildman–Crippen MR) is 125 cm³/mol. The molecule has 0 spiro atoms. The van der Waals surface area contributed by atoms with Gasteiger partial charge in [-0.25, -0.2) is 8.42 Å². The molecule has 1 heterocycles. The Kier molecular flexibility index (Phi) is 6.99. The van der Waals surface area contributed by atoms with Crippen LogP contribution in [0.15, 0.2) is 65.6 Å². The van der Waals surface area contributed by atoms with Crippen molar-refractivity contribution in [1.82, 2.24) is 25.8 Å². The number of rotatable bonds is 6. The molecular weight excluding hydrogens is 442 g/mol. The Morgan fingerprint density at radius 3 is 2.21 bits per heavy atom. The molecule has 0 saturated heterocycles. The number of hydrogen-bond acceptors (Lipinski definition) is 5. The summed E-state index contributed by atoms with van der Waals surface area (Å²) in [6.07, 6.45) is 0. The standard InChI is InChI=1S/C23H27N5O4S/c1-15(28-33(31,32)18-12-10-17(11-13-18)23(2,3)4)21(29)26-27-22(30)20-14-19(24-25-20)16-8-6-5-7-9-16/h5-15,28H,1-4H3,(H,24,25)(H,26,29)(H,27,30)/t15-/m0/s1. The SMILES string of the molecule is C[C@H](NS(=O)(=O)c1ccc(C(C)(C)C)cc1)C(=O)NNC(=O)c1cc(-c2ccccc2)n[nH]1. The van der Waals surface area contributed by atoms with E-state index in [2.05, 4.69) is 25.8 Å². The summed E-state index contributed by atoms with van der Waals surface area (Å²) < 4.78 is 27.5. The van der Waals surface area contributed by atoms with E-state index in [4.69, 9.17) is 0 Å². The van der Waals surface area contributed by atoms with Crippen LogP contribution in [0.1, 0.15) is 43.7 Å². The minimum absolute atomic E-state index is 0.0464. The van der Waals surface area contributed by atoms with E-state index in [-0.39, 0.29) is 16.0 Å². The lowest BCUT2D eigenvalue weighted by Gasteiger charge is -2.19. The van der Waals surface area contributed by atoms with Crippen molar-refractivity contribution in [1.29, 1.82) is 0 Å². The Hall–Kier alpha value is -3.50. The van der Waals surface area contributed by atoms with Gasteiger partial charge in [0.05, 0.1) is 16.6 Å². The fourth-order valence-electron chi connectivity index (χ4n) is 2.98. The number of carbonyl (C=O) groups is 2. The van der Waals surface area contributed by atoms with Crippen LogP contribution >= 0.6 is 0 Å². The maximum Gasteiger partial charge on any atom is 0.287 e. The van der Waals surface area contributed by atoms with Crippen LogP contribution in [0, 0.1) is 0 Å². The third-order valence-corrected chi connectivity index (χ3v) is 6.50. The Bertz CT molecular complexity index is 1230. The van der Waals surface area contributed by atoms with Crippen molar-refractivity contribution in [3.8, 4) is 11.3 Å². The van der Waals surface area contributed by atoms with Crippen molar-refractivity contribution in [3.05, 3.63) is 71.9 Å². The van der Waals surface area contributed by atoms with Crippen LogP contribution in [0.25, 0.3) is 11.3 Å². The van der Waals surface area contributed by atoms with Gasteiger partial charge in [0, 0.05) is 5.56 Å². The molecule has 33 heavy (non-hydrogen) atoms. The summed E-state index contributed by atoms with van der Waals surface area (Å²) in [5.74, 6) is -1.34. The molecule has 0 radical (unpaired) electrons. The average Bonchev–Trinajstić information content (AvgIpc) is 3.27. The first-order chi connectivity index (χ1) is 15.5. The van der Waals surface area contributed by atoms with Crippen LogP contribution in [-0.2, 0) is 20.2 Å². The quantitative estimate of drug-likeness (QED) is 0.412. The highest BCUT2D eigenvalue weighted by atomic mass is 32.2. The molecule has 0 saturated carbocycles. The fraction of sp³-hybridized carbons (Fsp3) is 0.261. The number of nitrogens with zero attached hydrogens (tertiary/aromatic N) is 1. The van der Waals surface area contributed by atoms with Gasteiger partial charge < -0.3 is 0 Å². The normalized spacial score (nSPS) is 12.7. The minimum Gasteiger partial charge on any atom is -0.272 e. The molecule has 0 aliphatic carbocycles. The van der Waals surface area contributed by atoms with Crippen LogP contribution in [0.4, 0.5) is 0 Å². The van der Waals surface area contributed by atoms with Gasteiger partial charge in [-0.15, -0.1) is 0 Å². The molecule has 0 bridgehead atoms. The lowest BCUT2D eigenvalue weighted by Crippen LogP contribution is -2.51. The summed E-state index contributed by atoms with van der Waals surface area (Å²) >= 11 is 0. The molecule has 3 rings (SSSR count). The molecule has 0 unspecified atom stereocenters. The zero-order valence-corrected chi connectivity index (χ0v) is 19.7. The first kappa shape index (κ1) is 24.1. The zero-order valence-electron chi connectivity index (χ0n) is 18.8.